The summed E-state index contributed by atoms with van der Waals surface area (Å²) in [6.07, 6.45) is 1.43. The molecule has 2 amide bonds. The fourth-order valence-electron chi connectivity index (χ4n) is 2.34. The van der Waals surface area contributed by atoms with Crippen LogP contribution < -0.4 is 15.5 Å². The maximum Gasteiger partial charge on any atom is 0.259 e. The molecule has 0 spiro atoms. The average Bonchev–Trinajstić information content (AvgIpc) is 3.20. The van der Waals surface area contributed by atoms with Crippen molar-refractivity contribution in [3.8, 4) is 5.75 Å². The van der Waals surface area contributed by atoms with Crippen molar-refractivity contribution in [3.05, 3.63) is 68.6 Å². The summed E-state index contributed by atoms with van der Waals surface area (Å²) in [5, 5.41) is 15.6. The molecule has 0 bridgehead atoms. The first kappa shape index (κ1) is 25.2. The van der Waals surface area contributed by atoms with Crippen molar-refractivity contribution in [3.63, 3.8) is 0 Å². The number of carbonyl (C=O) groups excluding carboxylic acids is 2. The summed E-state index contributed by atoms with van der Waals surface area (Å²) < 4.78 is 5.72. The summed E-state index contributed by atoms with van der Waals surface area (Å²) in [5.41, 5.74) is 3.98. The Labute approximate surface area is 212 Å². The lowest BCUT2D eigenvalue weighted by Gasteiger charge is -2.08. The molecule has 0 fully saturated rings. The van der Waals surface area contributed by atoms with Gasteiger partial charge in [0.05, 0.1) is 12.6 Å². The number of amides is 2. The minimum absolute atomic E-state index is 0.0594. The van der Waals surface area contributed by atoms with Gasteiger partial charge < -0.3 is 4.74 Å². The standard InChI is InChI=1S/C20H15Cl4N5O3S/c21-13-4-3-12(15(22)7-13)10-32-14-5-1-11(2-6-14)9-25-27-16(30)8-17-28-29-20(33-17)26-19(31)18(23)24/h1-7,9,18H,8,10H2,(H,27,30)(H,26,29,31)/b25-9-. The molecule has 0 unspecified atom stereocenters. The predicted molar refractivity (Wildman–Crippen MR) is 131 cm³/mol. The number of halogens is 4. The van der Waals surface area contributed by atoms with Crippen molar-refractivity contribution >= 4 is 80.9 Å². The van der Waals surface area contributed by atoms with E-state index in [1.165, 1.54) is 6.21 Å². The van der Waals surface area contributed by atoms with Crippen LogP contribution in [-0.4, -0.2) is 33.1 Å². The smallest absolute Gasteiger partial charge is 0.259 e. The van der Waals surface area contributed by atoms with Crippen molar-refractivity contribution in [2.75, 3.05) is 5.32 Å². The number of hydrazone groups is 1. The number of nitrogens with one attached hydrogen (secondary N) is 2. The number of anilines is 1. The van der Waals surface area contributed by atoms with E-state index in [0.717, 1.165) is 22.5 Å². The second-order valence-corrected chi connectivity index (χ2v) is 9.36. The third-order valence-electron chi connectivity index (χ3n) is 3.90. The number of aromatic nitrogens is 2. The van der Waals surface area contributed by atoms with Crippen molar-refractivity contribution < 1.29 is 14.3 Å². The van der Waals surface area contributed by atoms with Crippen LogP contribution in [0.1, 0.15) is 16.1 Å². The summed E-state index contributed by atoms with van der Waals surface area (Å²) in [5.74, 6) is -0.371. The van der Waals surface area contributed by atoms with Gasteiger partial charge in [0.15, 0.2) is 4.84 Å². The zero-order valence-corrected chi connectivity index (χ0v) is 20.4. The first-order valence-corrected chi connectivity index (χ1v) is 11.6. The molecule has 1 aromatic heterocycles. The Kier molecular flexibility index (Phi) is 9.28. The number of alkyl halides is 2. The number of benzene rings is 2. The normalized spacial score (nSPS) is 11.1. The van der Waals surface area contributed by atoms with Gasteiger partial charge in [-0.25, -0.2) is 5.43 Å². The van der Waals surface area contributed by atoms with Crippen LogP contribution in [0.2, 0.25) is 10.0 Å². The number of hydrogen-bond donors (Lipinski definition) is 2. The summed E-state index contributed by atoms with van der Waals surface area (Å²) in [6.45, 7) is 0.300. The molecule has 13 heteroatoms. The molecule has 0 saturated carbocycles. The fourth-order valence-corrected chi connectivity index (χ4v) is 3.65. The Morgan fingerprint density at radius 2 is 1.88 bits per heavy atom. The maximum atomic E-state index is 12.0. The Balaban J connectivity index is 1.45. The van der Waals surface area contributed by atoms with Crippen molar-refractivity contribution in [1.82, 2.24) is 15.6 Å². The van der Waals surface area contributed by atoms with Gasteiger partial charge in [0.25, 0.3) is 5.91 Å². The van der Waals surface area contributed by atoms with Crippen LogP contribution in [0.25, 0.3) is 0 Å². The van der Waals surface area contributed by atoms with E-state index in [1.54, 1.807) is 36.4 Å². The summed E-state index contributed by atoms with van der Waals surface area (Å²) in [4.78, 5) is 22.2. The van der Waals surface area contributed by atoms with Crippen molar-refractivity contribution in [2.24, 2.45) is 5.10 Å². The molecule has 0 saturated heterocycles. The number of hydrogen-bond acceptors (Lipinski definition) is 7. The zero-order chi connectivity index (χ0) is 23.8. The van der Waals surface area contributed by atoms with Crippen LogP contribution in [0.4, 0.5) is 5.13 Å². The molecule has 0 aliphatic carbocycles. The molecule has 0 radical (unpaired) electrons. The van der Waals surface area contributed by atoms with E-state index in [9.17, 15) is 9.59 Å². The predicted octanol–water partition coefficient (Wildman–Crippen LogP) is 4.86. The molecule has 2 N–H and O–H groups in total. The molecule has 0 aliphatic heterocycles. The van der Waals surface area contributed by atoms with E-state index in [4.69, 9.17) is 51.1 Å². The van der Waals surface area contributed by atoms with Gasteiger partial charge >= 0.3 is 0 Å². The van der Waals surface area contributed by atoms with E-state index >= 15 is 0 Å². The minimum Gasteiger partial charge on any atom is -0.489 e. The van der Waals surface area contributed by atoms with E-state index in [0.29, 0.717) is 27.4 Å². The van der Waals surface area contributed by atoms with E-state index in [-0.39, 0.29) is 11.6 Å². The summed E-state index contributed by atoms with van der Waals surface area (Å²) >= 11 is 24.0. The monoisotopic (exact) mass is 545 g/mol. The third-order valence-corrected chi connectivity index (χ3v) is 5.72. The lowest BCUT2D eigenvalue weighted by molar-refractivity contribution is -0.120. The third kappa shape index (κ3) is 8.13. The lowest BCUT2D eigenvalue weighted by atomic mass is 10.2. The molecule has 0 atom stereocenters. The second-order valence-electron chi connectivity index (χ2n) is 6.35. The van der Waals surface area contributed by atoms with Gasteiger partial charge in [-0.1, -0.05) is 63.8 Å². The number of carbonyl (C=O) groups is 2. The van der Waals surface area contributed by atoms with Crippen LogP contribution in [0, 0.1) is 0 Å². The SMILES string of the molecule is O=C(Cc1nnc(NC(=O)C(Cl)Cl)s1)N/N=C\c1ccc(OCc2ccc(Cl)cc2Cl)cc1. The molecule has 3 aromatic rings. The molecular weight excluding hydrogens is 532 g/mol. The number of nitrogens with zero attached hydrogens (tertiary/aromatic N) is 3. The van der Waals surface area contributed by atoms with Crippen molar-refractivity contribution in [2.45, 2.75) is 17.9 Å². The highest BCUT2D eigenvalue weighted by molar-refractivity contribution is 7.15. The Hall–Kier alpha value is -2.43. The minimum atomic E-state index is -1.22. The van der Waals surface area contributed by atoms with Gasteiger partial charge in [-0.05, 0) is 42.0 Å². The molecule has 8 nitrogen and oxygen atoms in total. The quantitative estimate of drug-likeness (QED) is 0.226. The Bertz CT molecular complexity index is 1150. The van der Waals surface area contributed by atoms with Gasteiger partial charge in [-0.3, -0.25) is 14.9 Å². The molecule has 2 aromatic carbocycles. The zero-order valence-electron chi connectivity index (χ0n) is 16.6. The van der Waals surface area contributed by atoms with Gasteiger partial charge in [-0.15, -0.1) is 10.2 Å². The van der Waals surface area contributed by atoms with Crippen LogP contribution in [0.15, 0.2) is 47.6 Å². The van der Waals surface area contributed by atoms with Crippen LogP contribution in [0.5, 0.6) is 5.75 Å². The summed E-state index contributed by atoms with van der Waals surface area (Å²) in [7, 11) is 0. The van der Waals surface area contributed by atoms with Gasteiger partial charge in [0.1, 0.15) is 17.4 Å². The number of ether oxygens (including phenoxy) is 1. The summed E-state index contributed by atoms with van der Waals surface area (Å²) in [6, 6.07) is 12.3. The van der Waals surface area contributed by atoms with E-state index < -0.39 is 16.7 Å². The van der Waals surface area contributed by atoms with Gasteiger partial charge in [-0.2, -0.15) is 5.10 Å². The highest BCUT2D eigenvalue weighted by atomic mass is 35.5. The largest absolute Gasteiger partial charge is 0.489 e. The molecular formula is C20H15Cl4N5O3S. The highest BCUT2D eigenvalue weighted by Gasteiger charge is 2.15. The molecule has 0 aliphatic rings. The average molecular weight is 547 g/mol. The van der Waals surface area contributed by atoms with Crippen LogP contribution in [-0.2, 0) is 22.6 Å². The fraction of sp³-hybridized carbons (Fsp3) is 0.150. The number of rotatable bonds is 9. The van der Waals surface area contributed by atoms with Gasteiger partial charge in [0.2, 0.25) is 11.0 Å². The van der Waals surface area contributed by atoms with E-state index in [2.05, 4.69) is 26.0 Å². The van der Waals surface area contributed by atoms with E-state index in [1.807, 2.05) is 6.07 Å². The first-order chi connectivity index (χ1) is 15.8. The van der Waals surface area contributed by atoms with Crippen LogP contribution in [0.3, 0.4) is 0 Å². The van der Waals surface area contributed by atoms with Crippen molar-refractivity contribution in [1.29, 1.82) is 0 Å². The molecule has 3 rings (SSSR count). The lowest BCUT2D eigenvalue weighted by Crippen LogP contribution is -2.19. The topological polar surface area (TPSA) is 106 Å². The maximum absolute atomic E-state index is 12.0. The van der Waals surface area contributed by atoms with Gasteiger partial charge in [0, 0.05) is 15.6 Å². The highest BCUT2D eigenvalue weighted by Crippen LogP contribution is 2.23. The Morgan fingerprint density at radius 1 is 1.12 bits per heavy atom. The Morgan fingerprint density at radius 3 is 2.58 bits per heavy atom. The van der Waals surface area contributed by atoms with Crippen LogP contribution >= 0.6 is 57.7 Å². The molecule has 33 heavy (non-hydrogen) atoms. The molecule has 172 valence electrons. The molecule has 1 heterocycles. The second kappa shape index (κ2) is 12.2. The first-order valence-electron chi connectivity index (χ1n) is 9.20.